The first-order valence-corrected chi connectivity index (χ1v) is 14.7. The molecule has 0 spiro atoms. The molecule has 2 aromatic carbocycles. The number of hydrogen-bond acceptors (Lipinski definition) is 9. The van der Waals surface area contributed by atoms with E-state index in [1.165, 1.54) is 23.5 Å². The van der Waals surface area contributed by atoms with Crippen LogP contribution in [0, 0.1) is 0 Å². The Morgan fingerprint density at radius 3 is 2.18 bits per heavy atom. The Kier molecular flexibility index (Phi) is 8.34. The van der Waals surface area contributed by atoms with Crippen molar-refractivity contribution in [3.63, 3.8) is 0 Å². The van der Waals surface area contributed by atoms with Crippen molar-refractivity contribution >= 4 is 33.3 Å². The quantitative estimate of drug-likeness (QED) is 0.380. The SMILES string of the molecule is CCOC(=O)C1=C(C)NC(C)=C(C(=O)OCC)C1c1ccccc1-c1nc(-c2cccc(S(N)(=O)=O)c2)cs1. The molecular formula is C28H29N3O6S2. The zero-order valence-corrected chi connectivity index (χ0v) is 23.6. The zero-order valence-electron chi connectivity index (χ0n) is 22.0. The number of dihydropyridines is 1. The van der Waals surface area contributed by atoms with Gasteiger partial charge in [-0.05, 0) is 45.4 Å². The van der Waals surface area contributed by atoms with Crippen LogP contribution in [0.1, 0.15) is 39.2 Å². The maximum Gasteiger partial charge on any atom is 0.336 e. The van der Waals surface area contributed by atoms with E-state index in [0.717, 1.165) is 0 Å². The predicted molar refractivity (Wildman–Crippen MR) is 149 cm³/mol. The van der Waals surface area contributed by atoms with Gasteiger partial charge in [0.05, 0.1) is 40.9 Å². The highest BCUT2D eigenvalue weighted by Crippen LogP contribution is 2.44. The number of esters is 2. The number of nitrogens with two attached hydrogens (primary N) is 1. The fourth-order valence-corrected chi connectivity index (χ4v) is 6.01. The predicted octanol–water partition coefficient (Wildman–Crippen LogP) is 4.49. The zero-order chi connectivity index (χ0) is 28.3. The van der Waals surface area contributed by atoms with Crippen molar-refractivity contribution in [1.82, 2.24) is 10.3 Å². The standard InChI is InChI=1S/C28H29N3O6S2/c1-5-36-27(32)23-16(3)30-17(4)24(28(33)37-6-2)25(23)20-12-7-8-13-21(20)26-31-22(15-38-26)18-10-9-11-19(14-18)39(29,34)35/h7-15,25,30H,5-6H2,1-4H3,(H2,29,34,35). The van der Waals surface area contributed by atoms with Crippen LogP contribution in [0.25, 0.3) is 21.8 Å². The molecule has 0 amide bonds. The van der Waals surface area contributed by atoms with E-state index in [4.69, 9.17) is 19.6 Å². The van der Waals surface area contributed by atoms with E-state index < -0.39 is 27.9 Å². The van der Waals surface area contributed by atoms with Crippen molar-refractivity contribution in [2.75, 3.05) is 13.2 Å². The van der Waals surface area contributed by atoms with Gasteiger partial charge in [0.1, 0.15) is 5.01 Å². The van der Waals surface area contributed by atoms with Crippen LogP contribution in [0.3, 0.4) is 0 Å². The number of ether oxygens (including phenoxy) is 2. The Bertz CT molecular complexity index is 1560. The second kappa shape index (κ2) is 11.5. The van der Waals surface area contributed by atoms with E-state index in [0.29, 0.717) is 49.9 Å². The third-order valence-corrected chi connectivity index (χ3v) is 8.00. The van der Waals surface area contributed by atoms with Gasteiger partial charge in [-0.3, -0.25) is 0 Å². The number of nitrogens with one attached hydrogen (secondary N) is 1. The Morgan fingerprint density at radius 2 is 1.59 bits per heavy atom. The number of carbonyl (C=O) groups is 2. The lowest BCUT2D eigenvalue weighted by Gasteiger charge is -2.31. The van der Waals surface area contributed by atoms with Crippen LogP contribution < -0.4 is 10.5 Å². The van der Waals surface area contributed by atoms with E-state index in [1.807, 2.05) is 29.6 Å². The number of hydrogen-bond donors (Lipinski definition) is 2. The van der Waals surface area contributed by atoms with Gasteiger partial charge in [-0.25, -0.2) is 28.1 Å². The molecule has 0 atom stereocenters. The second-order valence-corrected chi connectivity index (χ2v) is 11.2. The smallest absolute Gasteiger partial charge is 0.336 e. The summed E-state index contributed by atoms with van der Waals surface area (Å²) in [4.78, 5) is 31.2. The summed E-state index contributed by atoms with van der Waals surface area (Å²) in [5, 5.41) is 10.9. The first-order chi connectivity index (χ1) is 18.6. The van der Waals surface area contributed by atoms with Crippen molar-refractivity contribution in [1.29, 1.82) is 0 Å². The van der Waals surface area contributed by atoms with E-state index in [2.05, 4.69) is 5.32 Å². The molecule has 2 heterocycles. The maximum absolute atomic E-state index is 13.2. The summed E-state index contributed by atoms with van der Waals surface area (Å²) < 4.78 is 34.5. The average Bonchev–Trinajstić information content (AvgIpc) is 3.38. The van der Waals surface area contributed by atoms with E-state index in [9.17, 15) is 18.0 Å². The van der Waals surface area contributed by atoms with E-state index in [-0.39, 0.29) is 18.1 Å². The van der Waals surface area contributed by atoms with Gasteiger partial charge >= 0.3 is 11.9 Å². The Hall–Kier alpha value is -3.80. The van der Waals surface area contributed by atoms with Gasteiger partial charge in [0.2, 0.25) is 10.0 Å². The minimum Gasteiger partial charge on any atom is -0.463 e. The largest absolute Gasteiger partial charge is 0.463 e. The Morgan fingerprint density at radius 1 is 0.974 bits per heavy atom. The molecule has 0 saturated heterocycles. The Labute approximate surface area is 231 Å². The number of thiazole rings is 1. The number of aromatic nitrogens is 1. The molecule has 3 N–H and O–H groups in total. The third-order valence-electron chi connectivity index (χ3n) is 6.22. The first-order valence-electron chi connectivity index (χ1n) is 12.3. The van der Waals surface area contributed by atoms with Gasteiger partial charge in [-0.15, -0.1) is 11.3 Å². The normalized spacial score (nSPS) is 14.3. The summed E-state index contributed by atoms with van der Waals surface area (Å²) >= 11 is 1.36. The van der Waals surface area contributed by atoms with Gasteiger partial charge in [0.25, 0.3) is 0 Å². The highest BCUT2D eigenvalue weighted by Gasteiger charge is 2.39. The monoisotopic (exact) mass is 567 g/mol. The molecule has 3 aromatic rings. The second-order valence-electron chi connectivity index (χ2n) is 8.77. The molecule has 11 heteroatoms. The topological polar surface area (TPSA) is 138 Å². The first kappa shape index (κ1) is 28.2. The highest BCUT2D eigenvalue weighted by molar-refractivity contribution is 7.89. The van der Waals surface area contributed by atoms with Crippen molar-refractivity contribution < 1.29 is 27.5 Å². The van der Waals surface area contributed by atoms with Crippen molar-refractivity contribution in [2.45, 2.75) is 38.5 Å². The maximum atomic E-state index is 13.2. The number of sulfonamides is 1. The van der Waals surface area contributed by atoms with E-state index >= 15 is 0 Å². The number of carbonyl (C=O) groups excluding carboxylic acids is 2. The van der Waals surface area contributed by atoms with Crippen LogP contribution in [0.4, 0.5) is 0 Å². The lowest BCUT2D eigenvalue weighted by molar-refractivity contribution is -0.139. The lowest BCUT2D eigenvalue weighted by atomic mass is 9.78. The van der Waals surface area contributed by atoms with Crippen LogP contribution in [-0.4, -0.2) is 38.6 Å². The van der Waals surface area contributed by atoms with Gasteiger partial charge in [0.15, 0.2) is 0 Å². The number of nitrogens with zero attached hydrogens (tertiary/aromatic N) is 1. The molecule has 1 aromatic heterocycles. The minimum atomic E-state index is -3.88. The number of benzene rings is 2. The third kappa shape index (κ3) is 5.80. The van der Waals surface area contributed by atoms with Crippen LogP contribution in [0.2, 0.25) is 0 Å². The van der Waals surface area contributed by atoms with Crippen LogP contribution in [0.5, 0.6) is 0 Å². The molecule has 0 aliphatic carbocycles. The van der Waals surface area contributed by atoms with Gasteiger partial charge < -0.3 is 14.8 Å². The van der Waals surface area contributed by atoms with Crippen LogP contribution >= 0.6 is 11.3 Å². The number of allylic oxidation sites excluding steroid dienone is 2. The molecule has 0 unspecified atom stereocenters. The molecule has 0 radical (unpaired) electrons. The number of primary sulfonamides is 1. The molecule has 4 rings (SSSR count). The summed E-state index contributed by atoms with van der Waals surface area (Å²) in [6.07, 6.45) is 0. The van der Waals surface area contributed by atoms with E-state index in [1.54, 1.807) is 39.8 Å². The van der Waals surface area contributed by atoms with Crippen LogP contribution in [0.15, 0.2) is 81.3 Å². The number of rotatable bonds is 8. The summed E-state index contributed by atoms with van der Waals surface area (Å²) in [6.45, 7) is 7.34. The van der Waals surface area contributed by atoms with Gasteiger partial charge in [0, 0.05) is 27.9 Å². The molecule has 0 bridgehead atoms. The lowest BCUT2D eigenvalue weighted by Crippen LogP contribution is -2.32. The molecule has 204 valence electrons. The molecule has 9 nitrogen and oxygen atoms in total. The average molecular weight is 568 g/mol. The Balaban J connectivity index is 1.87. The van der Waals surface area contributed by atoms with Crippen molar-refractivity contribution in [2.24, 2.45) is 5.14 Å². The highest BCUT2D eigenvalue weighted by atomic mass is 32.2. The van der Waals surface area contributed by atoms with Crippen molar-refractivity contribution in [3.8, 4) is 21.8 Å². The minimum absolute atomic E-state index is 0.0102. The van der Waals surface area contributed by atoms with Gasteiger partial charge in [-0.2, -0.15) is 0 Å². The fourth-order valence-electron chi connectivity index (χ4n) is 4.57. The molecule has 0 saturated carbocycles. The summed E-state index contributed by atoms with van der Waals surface area (Å²) in [6, 6.07) is 13.7. The molecular weight excluding hydrogens is 538 g/mol. The molecule has 39 heavy (non-hydrogen) atoms. The summed E-state index contributed by atoms with van der Waals surface area (Å²) in [7, 11) is -3.88. The molecule has 0 fully saturated rings. The fraction of sp³-hybridized carbons (Fsp3) is 0.250. The molecule has 1 aliphatic rings. The summed E-state index contributed by atoms with van der Waals surface area (Å²) in [5.74, 6) is -1.83. The molecule has 1 aliphatic heterocycles. The summed E-state index contributed by atoms with van der Waals surface area (Å²) in [5.41, 5.74) is 4.35. The van der Waals surface area contributed by atoms with Gasteiger partial charge in [-0.1, -0.05) is 36.4 Å². The van der Waals surface area contributed by atoms with Crippen LogP contribution in [-0.2, 0) is 29.1 Å². The van der Waals surface area contributed by atoms with Crippen molar-refractivity contribution in [3.05, 3.63) is 82.0 Å².